The van der Waals surface area contributed by atoms with Crippen molar-refractivity contribution in [2.45, 2.75) is 24.8 Å². The fourth-order valence-electron chi connectivity index (χ4n) is 2.27. The second-order valence-electron chi connectivity index (χ2n) is 4.83. The lowest BCUT2D eigenvalue weighted by molar-refractivity contribution is -0.149. The number of piperidine rings is 1. The Kier molecular flexibility index (Phi) is 4.44. The van der Waals surface area contributed by atoms with Gasteiger partial charge in [-0.25, -0.2) is 13.4 Å². The van der Waals surface area contributed by atoms with Gasteiger partial charge in [0.05, 0.1) is 18.9 Å². The van der Waals surface area contributed by atoms with Crippen LogP contribution in [0.5, 0.6) is 0 Å². The molecule has 0 saturated carbocycles. The molecule has 1 aliphatic heterocycles. The normalized spacial score (nSPS) is 20.8. The number of sulfonamides is 1. The minimum absolute atomic E-state index is 0.0181. The zero-order chi connectivity index (χ0) is 14.8. The number of aromatic nitrogens is 2. The number of carbonyl (C=O) groups excluding carboxylic acids is 1. The maximum atomic E-state index is 12.4. The summed E-state index contributed by atoms with van der Waals surface area (Å²) in [6.07, 6.45) is 4.21. The Bertz CT molecular complexity index is 581. The molecule has 1 aromatic rings. The lowest BCUT2D eigenvalue weighted by atomic mass is 10.0. The molecule has 8 heteroatoms. The SMILES string of the molecule is CCOC(=O)C1CCCN(S(=O)(=O)c2cn(C)cn2)C1. The standard InChI is InChI=1S/C12H19N3O4S/c1-3-19-12(16)10-5-4-6-15(7-10)20(17,18)11-8-14(2)9-13-11/h8-10H,3-7H2,1-2H3. The number of nitrogens with zero attached hydrogens (tertiary/aromatic N) is 3. The molecular weight excluding hydrogens is 282 g/mol. The third kappa shape index (κ3) is 3.01. The van der Waals surface area contributed by atoms with Crippen LogP contribution in [-0.2, 0) is 26.6 Å². The Morgan fingerprint density at radius 2 is 2.30 bits per heavy atom. The van der Waals surface area contributed by atoms with Crippen LogP contribution in [0.2, 0.25) is 0 Å². The first-order chi connectivity index (χ1) is 9.45. The van der Waals surface area contributed by atoms with Crippen LogP contribution in [0.25, 0.3) is 0 Å². The molecule has 0 amide bonds. The molecule has 112 valence electrons. The van der Waals surface area contributed by atoms with Gasteiger partial charge < -0.3 is 9.30 Å². The highest BCUT2D eigenvalue weighted by Gasteiger charge is 2.34. The van der Waals surface area contributed by atoms with E-state index in [1.165, 1.54) is 16.8 Å². The van der Waals surface area contributed by atoms with Crippen LogP contribution in [0.1, 0.15) is 19.8 Å². The zero-order valence-electron chi connectivity index (χ0n) is 11.7. The van der Waals surface area contributed by atoms with E-state index in [2.05, 4.69) is 4.98 Å². The number of imidazole rings is 1. The molecule has 2 heterocycles. The molecule has 1 fully saturated rings. The first kappa shape index (κ1) is 15.0. The predicted octanol–water partition coefficient (Wildman–Crippen LogP) is 0.384. The maximum absolute atomic E-state index is 12.4. The molecule has 20 heavy (non-hydrogen) atoms. The lowest BCUT2D eigenvalue weighted by Gasteiger charge is -2.29. The van der Waals surface area contributed by atoms with Crippen molar-refractivity contribution >= 4 is 16.0 Å². The highest BCUT2D eigenvalue weighted by atomic mass is 32.2. The monoisotopic (exact) mass is 301 g/mol. The van der Waals surface area contributed by atoms with Crippen LogP contribution in [0, 0.1) is 5.92 Å². The number of rotatable bonds is 4. The quantitative estimate of drug-likeness (QED) is 0.751. The number of ether oxygens (including phenoxy) is 1. The molecule has 0 aliphatic carbocycles. The molecule has 1 aliphatic rings. The minimum Gasteiger partial charge on any atom is -0.466 e. The van der Waals surface area contributed by atoms with Crippen LogP contribution in [0.15, 0.2) is 17.6 Å². The summed E-state index contributed by atoms with van der Waals surface area (Å²) >= 11 is 0. The smallest absolute Gasteiger partial charge is 0.310 e. The first-order valence-corrected chi connectivity index (χ1v) is 8.04. The Hall–Kier alpha value is -1.41. The summed E-state index contributed by atoms with van der Waals surface area (Å²) in [6.45, 7) is 2.62. The van der Waals surface area contributed by atoms with Gasteiger partial charge in [0.1, 0.15) is 0 Å². The largest absolute Gasteiger partial charge is 0.466 e. The van der Waals surface area contributed by atoms with Crippen LogP contribution >= 0.6 is 0 Å². The fraction of sp³-hybridized carbons (Fsp3) is 0.667. The lowest BCUT2D eigenvalue weighted by Crippen LogP contribution is -2.42. The van der Waals surface area contributed by atoms with Crippen molar-refractivity contribution in [3.05, 3.63) is 12.5 Å². The predicted molar refractivity (Wildman–Crippen MR) is 71.3 cm³/mol. The molecule has 0 N–H and O–H groups in total. The Balaban J connectivity index is 2.14. The van der Waals surface area contributed by atoms with Gasteiger partial charge in [0.2, 0.25) is 0 Å². The molecule has 0 aromatic carbocycles. The molecule has 1 saturated heterocycles. The van der Waals surface area contributed by atoms with Crippen LogP contribution in [-0.4, -0.2) is 47.9 Å². The van der Waals surface area contributed by atoms with Crippen molar-refractivity contribution in [2.75, 3.05) is 19.7 Å². The summed E-state index contributed by atoms with van der Waals surface area (Å²) in [5.74, 6) is -0.712. The van der Waals surface area contributed by atoms with Gasteiger partial charge in [-0.1, -0.05) is 0 Å². The number of carbonyl (C=O) groups is 1. The van der Waals surface area contributed by atoms with Crippen molar-refractivity contribution in [3.8, 4) is 0 Å². The van der Waals surface area contributed by atoms with Gasteiger partial charge in [0.15, 0.2) is 5.03 Å². The average molecular weight is 301 g/mol. The van der Waals surface area contributed by atoms with Gasteiger partial charge in [-0.2, -0.15) is 4.31 Å². The van der Waals surface area contributed by atoms with Gasteiger partial charge in [-0.3, -0.25) is 4.79 Å². The summed E-state index contributed by atoms with van der Waals surface area (Å²) in [5.41, 5.74) is 0. The Morgan fingerprint density at radius 1 is 1.55 bits per heavy atom. The Morgan fingerprint density at radius 3 is 2.90 bits per heavy atom. The first-order valence-electron chi connectivity index (χ1n) is 6.60. The van der Waals surface area contributed by atoms with Gasteiger partial charge >= 0.3 is 5.97 Å². The van der Waals surface area contributed by atoms with E-state index in [1.807, 2.05) is 0 Å². The molecular formula is C12H19N3O4S. The molecule has 7 nitrogen and oxygen atoms in total. The van der Waals surface area contributed by atoms with Gasteiger partial charge in [0.25, 0.3) is 10.0 Å². The molecule has 1 atom stereocenters. The van der Waals surface area contributed by atoms with E-state index in [0.29, 0.717) is 26.0 Å². The topological polar surface area (TPSA) is 81.5 Å². The van der Waals surface area contributed by atoms with Gasteiger partial charge in [-0.05, 0) is 19.8 Å². The molecule has 0 radical (unpaired) electrons. The third-order valence-corrected chi connectivity index (χ3v) is 5.04. The average Bonchev–Trinajstić information content (AvgIpc) is 2.86. The molecule has 0 bridgehead atoms. The van der Waals surface area contributed by atoms with Crippen LogP contribution in [0.4, 0.5) is 0 Å². The van der Waals surface area contributed by atoms with E-state index in [1.54, 1.807) is 18.5 Å². The molecule has 0 spiro atoms. The maximum Gasteiger partial charge on any atom is 0.310 e. The summed E-state index contributed by atoms with van der Waals surface area (Å²) in [4.78, 5) is 15.6. The van der Waals surface area contributed by atoms with E-state index in [9.17, 15) is 13.2 Å². The van der Waals surface area contributed by atoms with E-state index < -0.39 is 10.0 Å². The van der Waals surface area contributed by atoms with Crippen LogP contribution < -0.4 is 0 Å². The molecule has 1 unspecified atom stereocenters. The molecule has 1 aromatic heterocycles. The third-order valence-electron chi connectivity index (χ3n) is 3.29. The van der Waals surface area contributed by atoms with E-state index in [-0.39, 0.29) is 23.5 Å². The van der Waals surface area contributed by atoms with Gasteiger partial charge in [0, 0.05) is 26.3 Å². The number of hydrogen-bond donors (Lipinski definition) is 0. The van der Waals surface area contributed by atoms with E-state index in [4.69, 9.17) is 4.74 Å². The summed E-state index contributed by atoms with van der Waals surface area (Å²) in [6, 6.07) is 0. The number of esters is 1. The second kappa shape index (κ2) is 5.92. The van der Waals surface area contributed by atoms with Crippen molar-refractivity contribution < 1.29 is 17.9 Å². The van der Waals surface area contributed by atoms with Crippen molar-refractivity contribution in [3.63, 3.8) is 0 Å². The van der Waals surface area contributed by atoms with Crippen molar-refractivity contribution in [1.29, 1.82) is 0 Å². The van der Waals surface area contributed by atoms with Crippen LogP contribution in [0.3, 0.4) is 0 Å². The zero-order valence-corrected chi connectivity index (χ0v) is 12.5. The Labute approximate surface area is 118 Å². The van der Waals surface area contributed by atoms with E-state index in [0.717, 1.165) is 0 Å². The minimum atomic E-state index is -3.63. The summed E-state index contributed by atoms with van der Waals surface area (Å²) in [5, 5.41) is 0.0181. The highest BCUT2D eigenvalue weighted by molar-refractivity contribution is 7.89. The molecule has 2 rings (SSSR count). The second-order valence-corrected chi connectivity index (χ2v) is 6.72. The fourth-order valence-corrected chi connectivity index (χ4v) is 3.76. The number of aryl methyl sites for hydroxylation is 1. The van der Waals surface area contributed by atoms with Crippen molar-refractivity contribution in [2.24, 2.45) is 13.0 Å². The summed E-state index contributed by atoms with van der Waals surface area (Å²) < 4.78 is 32.7. The van der Waals surface area contributed by atoms with E-state index >= 15 is 0 Å². The summed E-state index contributed by atoms with van der Waals surface area (Å²) in [7, 11) is -1.92. The highest BCUT2D eigenvalue weighted by Crippen LogP contribution is 2.23. The number of hydrogen-bond acceptors (Lipinski definition) is 5. The van der Waals surface area contributed by atoms with Crippen molar-refractivity contribution in [1.82, 2.24) is 13.9 Å². The van der Waals surface area contributed by atoms with Gasteiger partial charge in [-0.15, -0.1) is 0 Å².